The molecule has 2 aromatic heterocycles. The van der Waals surface area contributed by atoms with Crippen LogP contribution in [0.2, 0.25) is 0 Å². The highest BCUT2D eigenvalue weighted by molar-refractivity contribution is 5.75. The van der Waals surface area contributed by atoms with E-state index >= 15 is 0 Å². The second kappa shape index (κ2) is 4.22. The standard InChI is InChI=1S/C14H10F2N2/c15-12-6-10(7-13(16)8-12)9-18-5-3-11-2-1-4-17-14(11)18/h1-8H,9H2. The zero-order valence-corrected chi connectivity index (χ0v) is 9.48. The first-order chi connectivity index (χ1) is 8.72. The molecule has 0 spiro atoms. The Morgan fingerprint density at radius 1 is 1.06 bits per heavy atom. The molecule has 3 rings (SSSR count). The van der Waals surface area contributed by atoms with Gasteiger partial charge in [0.1, 0.15) is 17.3 Å². The maximum Gasteiger partial charge on any atom is 0.140 e. The summed E-state index contributed by atoms with van der Waals surface area (Å²) in [7, 11) is 0. The van der Waals surface area contributed by atoms with Crippen molar-refractivity contribution >= 4 is 11.0 Å². The molecule has 0 aliphatic heterocycles. The molecule has 1 aromatic carbocycles. The number of hydrogen-bond donors (Lipinski definition) is 0. The number of rotatable bonds is 2. The average Bonchev–Trinajstić information content (AvgIpc) is 2.72. The van der Waals surface area contributed by atoms with Crippen LogP contribution in [0.25, 0.3) is 11.0 Å². The molecular weight excluding hydrogens is 234 g/mol. The monoisotopic (exact) mass is 244 g/mol. The molecule has 0 N–H and O–H groups in total. The van der Waals surface area contributed by atoms with E-state index in [1.807, 2.05) is 29.0 Å². The van der Waals surface area contributed by atoms with Gasteiger partial charge in [0.2, 0.25) is 0 Å². The Bertz CT molecular complexity index is 684. The third kappa shape index (κ3) is 1.97. The predicted octanol–water partition coefficient (Wildman–Crippen LogP) is 3.36. The minimum Gasteiger partial charge on any atom is -0.328 e. The van der Waals surface area contributed by atoms with Crippen LogP contribution in [0.1, 0.15) is 5.56 Å². The van der Waals surface area contributed by atoms with E-state index in [1.54, 1.807) is 6.20 Å². The molecule has 18 heavy (non-hydrogen) atoms. The molecule has 3 aromatic rings. The van der Waals surface area contributed by atoms with Crippen molar-refractivity contribution in [3.8, 4) is 0 Å². The summed E-state index contributed by atoms with van der Waals surface area (Å²) in [5.74, 6) is -1.12. The summed E-state index contributed by atoms with van der Waals surface area (Å²) < 4.78 is 28.1. The fourth-order valence-corrected chi connectivity index (χ4v) is 2.05. The molecule has 2 nitrogen and oxygen atoms in total. The highest BCUT2D eigenvalue weighted by atomic mass is 19.1. The van der Waals surface area contributed by atoms with Crippen LogP contribution >= 0.6 is 0 Å². The molecule has 0 saturated carbocycles. The van der Waals surface area contributed by atoms with Gasteiger partial charge < -0.3 is 4.57 Å². The van der Waals surface area contributed by atoms with Gasteiger partial charge >= 0.3 is 0 Å². The number of pyridine rings is 1. The second-order valence-corrected chi connectivity index (χ2v) is 4.14. The van der Waals surface area contributed by atoms with Crippen molar-refractivity contribution in [2.24, 2.45) is 0 Å². The van der Waals surface area contributed by atoms with Crippen LogP contribution < -0.4 is 0 Å². The number of hydrogen-bond acceptors (Lipinski definition) is 1. The van der Waals surface area contributed by atoms with Crippen molar-refractivity contribution in [3.63, 3.8) is 0 Å². The number of aromatic nitrogens is 2. The molecule has 0 amide bonds. The van der Waals surface area contributed by atoms with Crippen LogP contribution in [0, 0.1) is 11.6 Å². The number of benzene rings is 1. The van der Waals surface area contributed by atoms with E-state index in [2.05, 4.69) is 4.98 Å². The Balaban J connectivity index is 2.01. The van der Waals surface area contributed by atoms with Crippen LogP contribution in [-0.4, -0.2) is 9.55 Å². The first kappa shape index (κ1) is 10.9. The van der Waals surface area contributed by atoms with Crippen molar-refractivity contribution in [1.82, 2.24) is 9.55 Å². The number of halogens is 2. The molecule has 0 fully saturated rings. The van der Waals surface area contributed by atoms with Crippen molar-refractivity contribution in [2.45, 2.75) is 6.54 Å². The van der Waals surface area contributed by atoms with Gasteiger partial charge in [-0.1, -0.05) is 0 Å². The largest absolute Gasteiger partial charge is 0.328 e. The van der Waals surface area contributed by atoms with Gasteiger partial charge in [0.25, 0.3) is 0 Å². The molecule has 0 atom stereocenters. The summed E-state index contributed by atoms with van der Waals surface area (Å²) in [5.41, 5.74) is 1.39. The third-order valence-electron chi connectivity index (χ3n) is 2.80. The lowest BCUT2D eigenvalue weighted by Gasteiger charge is -2.05. The van der Waals surface area contributed by atoms with Crippen LogP contribution in [0.3, 0.4) is 0 Å². The molecule has 0 aliphatic rings. The molecule has 4 heteroatoms. The normalized spacial score (nSPS) is 11.0. The van der Waals surface area contributed by atoms with Gasteiger partial charge in [-0.2, -0.15) is 0 Å². The summed E-state index contributed by atoms with van der Waals surface area (Å²) in [6.07, 6.45) is 3.56. The van der Waals surface area contributed by atoms with Crippen molar-refractivity contribution in [2.75, 3.05) is 0 Å². The molecular formula is C14H10F2N2. The van der Waals surface area contributed by atoms with Crippen LogP contribution in [0.15, 0.2) is 48.8 Å². The maximum atomic E-state index is 13.1. The summed E-state index contributed by atoms with van der Waals surface area (Å²) in [6, 6.07) is 9.27. The lowest BCUT2D eigenvalue weighted by molar-refractivity contribution is 0.578. The van der Waals surface area contributed by atoms with E-state index in [1.165, 1.54) is 12.1 Å². The van der Waals surface area contributed by atoms with Crippen molar-refractivity contribution in [3.05, 3.63) is 66.0 Å². The minimum atomic E-state index is -0.561. The number of fused-ring (bicyclic) bond motifs is 1. The Morgan fingerprint density at radius 2 is 1.83 bits per heavy atom. The minimum absolute atomic E-state index is 0.398. The Labute approximate surface area is 103 Å². The fraction of sp³-hybridized carbons (Fsp3) is 0.0714. The van der Waals surface area contributed by atoms with Gasteiger partial charge in [0, 0.05) is 30.4 Å². The van der Waals surface area contributed by atoms with Gasteiger partial charge in [0.05, 0.1) is 0 Å². The zero-order valence-electron chi connectivity index (χ0n) is 9.48. The van der Waals surface area contributed by atoms with Gasteiger partial charge in [-0.15, -0.1) is 0 Å². The first-order valence-corrected chi connectivity index (χ1v) is 5.57. The van der Waals surface area contributed by atoms with E-state index in [0.29, 0.717) is 12.1 Å². The molecule has 0 unspecified atom stereocenters. The van der Waals surface area contributed by atoms with Gasteiger partial charge in [0.15, 0.2) is 0 Å². The Kier molecular flexibility index (Phi) is 2.55. The molecule has 2 heterocycles. The molecule has 0 aliphatic carbocycles. The zero-order chi connectivity index (χ0) is 12.5. The first-order valence-electron chi connectivity index (χ1n) is 5.57. The summed E-state index contributed by atoms with van der Waals surface area (Å²) in [6.45, 7) is 0.398. The highest BCUT2D eigenvalue weighted by Crippen LogP contribution is 2.15. The van der Waals surface area contributed by atoms with Crippen molar-refractivity contribution in [1.29, 1.82) is 0 Å². The quantitative estimate of drug-likeness (QED) is 0.675. The van der Waals surface area contributed by atoms with Gasteiger partial charge in [-0.3, -0.25) is 0 Å². The topological polar surface area (TPSA) is 17.8 Å². The Morgan fingerprint density at radius 3 is 2.61 bits per heavy atom. The summed E-state index contributed by atoms with van der Waals surface area (Å²) >= 11 is 0. The van der Waals surface area contributed by atoms with E-state index in [4.69, 9.17) is 0 Å². The smallest absolute Gasteiger partial charge is 0.140 e. The predicted molar refractivity (Wildman–Crippen MR) is 65.2 cm³/mol. The maximum absolute atomic E-state index is 13.1. The summed E-state index contributed by atoms with van der Waals surface area (Å²) in [4.78, 5) is 4.26. The molecule has 0 bridgehead atoms. The van der Waals surface area contributed by atoms with Crippen LogP contribution in [-0.2, 0) is 6.54 Å². The van der Waals surface area contributed by atoms with Gasteiger partial charge in [-0.05, 0) is 35.9 Å². The van der Waals surface area contributed by atoms with E-state index < -0.39 is 11.6 Å². The number of nitrogens with zero attached hydrogens (tertiary/aromatic N) is 2. The average molecular weight is 244 g/mol. The van der Waals surface area contributed by atoms with E-state index in [9.17, 15) is 8.78 Å². The highest BCUT2D eigenvalue weighted by Gasteiger charge is 2.05. The van der Waals surface area contributed by atoms with Crippen LogP contribution in [0.5, 0.6) is 0 Å². The van der Waals surface area contributed by atoms with Gasteiger partial charge in [-0.25, -0.2) is 13.8 Å². The van der Waals surface area contributed by atoms with E-state index in [-0.39, 0.29) is 0 Å². The third-order valence-corrected chi connectivity index (χ3v) is 2.80. The summed E-state index contributed by atoms with van der Waals surface area (Å²) in [5, 5.41) is 1.01. The molecule has 0 saturated heterocycles. The SMILES string of the molecule is Fc1cc(F)cc(Cn2ccc3cccnc32)c1. The van der Waals surface area contributed by atoms with Crippen molar-refractivity contribution < 1.29 is 8.78 Å². The Hall–Kier alpha value is -2.23. The van der Waals surface area contributed by atoms with Crippen LogP contribution in [0.4, 0.5) is 8.78 Å². The second-order valence-electron chi connectivity index (χ2n) is 4.14. The lowest BCUT2D eigenvalue weighted by atomic mass is 10.2. The molecule has 0 radical (unpaired) electrons. The fourth-order valence-electron chi connectivity index (χ4n) is 2.05. The van der Waals surface area contributed by atoms with E-state index in [0.717, 1.165) is 17.1 Å². The molecule has 90 valence electrons. The lowest BCUT2D eigenvalue weighted by Crippen LogP contribution is -2.00.